The third-order valence-corrected chi connectivity index (χ3v) is 2.68. The third kappa shape index (κ3) is 3.01. The lowest BCUT2D eigenvalue weighted by Crippen LogP contribution is -2.11. The highest BCUT2D eigenvalue weighted by Crippen LogP contribution is 2.22. The Hall–Kier alpha value is -1.95. The molecule has 0 atom stereocenters. The summed E-state index contributed by atoms with van der Waals surface area (Å²) in [6, 6.07) is 8.94. The van der Waals surface area contributed by atoms with Crippen molar-refractivity contribution < 1.29 is 9.53 Å². The topological polar surface area (TPSA) is 64.1 Å². The average molecular weight is 249 g/mol. The quantitative estimate of drug-likeness (QED) is 0.902. The molecular formula is C11H11N3O2S. The van der Waals surface area contributed by atoms with Crippen molar-refractivity contribution in [2.45, 2.75) is 6.92 Å². The van der Waals surface area contributed by atoms with Gasteiger partial charge < -0.3 is 4.74 Å². The zero-order valence-electron chi connectivity index (χ0n) is 9.21. The molecule has 88 valence electrons. The van der Waals surface area contributed by atoms with Crippen LogP contribution in [0.25, 0.3) is 0 Å². The average Bonchev–Trinajstić information content (AvgIpc) is 2.78. The van der Waals surface area contributed by atoms with Gasteiger partial charge in [0.05, 0.1) is 6.61 Å². The van der Waals surface area contributed by atoms with Crippen molar-refractivity contribution in [3.8, 4) is 5.19 Å². The summed E-state index contributed by atoms with van der Waals surface area (Å²) in [6.45, 7) is 2.39. The SMILES string of the molecule is CCOc1nnc(NC(=O)c2ccccc2)s1. The molecule has 1 heterocycles. The maximum atomic E-state index is 11.8. The number of ether oxygens (including phenoxy) is 1. The Morgan fingerprint density at radius 1 is 1.35 bits per heavy atom. The fourth-order valence-electron chi connectivity index (χ4n) is 1.20. The summed E-state index contributed by atoms with van der Waals surface area (Å²) in [5, 5.41) is 11.1. The van der Waals surface area contributed by atoms with Crippen molar-refractivity contribution in [2.75, 3.05) is 11.9 Å². The first kappa shape index (κ1) is 11.5. The highest BCUT2D eigenvalue weighted by Gasteiger charge is 2.09. The van der Waals surface area contributed by atoms with Gasteiger partial charge >= 0.3 is 0 Å². The number of rotatable bonds is 4. The smallest absolute Gasteiger partial charge is 0.295 e. The number of hydrogen-bond donors (Lipinski definition) is 1. The van der Waals surface area contributed by atoms with Gasteiger partial charge in [-0.15, -0.1) is 5.10 Å². The lowest BCUT2D eigenvalue weighted by atomic mass is 10.2. The van der Waals surface area contributed by atoms with E-state index in [0.29, 0.717) is 22.5 Å². The first-order valence-corrected chi connectivity index (χ1v) is 5.94. The van der Waals surface area contributed by atoms with Gasteiger partial charge in [0, 0.05) is 5.56 Å². The molecule has 0 spiro atoms. The van der Waals surface area contributed by atoms with Gasteiger partial charge in [0.25, 0.3) is 11.1 Å². The van der Waals surface area contributed by atoms with Crippen LogP contribution in [0.15, 0.2) is 30.3 Å². The van der Waals surface area contributed by atoms with Crippen LogP contribution >= 0.6 is 11.3 Å². The summed E-state index contributed by atoms with van der Waals surface area (Å²) >= 11 is 1.20. The number of nitrogens with one attached hydrogen (secondary N) is 1. The van der Waals surface area contributed by atoms with Crippen LogP contribution in [0.2, 0.25) is 0 Å². The zero-order valence-corrected chi connectivity index (χ0v) is 10.0. The molecule has 17 heavy (non-hydrogen) atoms. The van der Waals surface area contributed by atoms with Gasteiger partial charge in [-0.05, 0) is 30.4 Å². The molecule has 0 saturated carbocycles. The number of carbonyl (C=O) groups excluding carboxylic acids is 1. The van der Waals surface area contributed by atoms with Crippen LogP contribution in [0, 0.1) is 0 Å². The summed E-state index contributed by atoms with van der Waals surface area (Å²) in [7, 11) is 0. The van der Waals surface area contributed by atoms with Crippen LogP contribution < -0.4 is 10.1 Å². The summed E-state index contributed by atoms with van der Waals surface area (Å²) < 4.78 is 5.17. The Labute approximate surface area is 102 Å². The summed E-state index contributed by atoms with van der Waals surface area (Å²) in [5.41, 5.74) is 0.584. The molecule has 1 aromatic heterocycles. The monoisotopic (exact) mass is 249 g/mol. The Morgan fingerprint density at radius 3 is 2.82 bits per heavy atom. The van der Waals surface area contributed by atoms with E-state index in [9.17, 15) is 4.79 Å². The molecule has 0 saturated heterocycles. The van der Waals surface area contributed by atoms with E-state index in [0.717, 1.165) is 0 Å². The summed E-state index contributed by atoms with van der Waals surface area (Å²) in [4.78, 5) is 11.8. The lowest BCUT2D eigenvalue weighted by molar-refractivity contribution is 0.102. The molecule has 5 nitrogen and oxygen atoms in total. The zero-order chi connectivity index (χ0) is 12.1. The van der Waals surface area contributed by atoms with E-state index in [4.69, 9.17) is 4.74 Å². The van der Waals surface area contributed by atoms with Crippen molar-refractivity contribution in [1.82, 2.24) is 10.2 Å². The van der Waals surface area contributed by atoms with E-state index in [1.165, 1.54) is 11.3 Å². The van der Waals surface area contributed by atoms with Crippen LogP contribution in [0.4, 0.5) is 5.13 Å². The van der Waals surface area contributed by atoms with Gasteiger partial charge in [0.1, 0.15) is 0 Å². The van der Waals surface area contributed by atoms with E-state index < -0.39 is 0 Å². The molecule has 0 unspecified atom stereocenters. The van der Waals surface area contributed by atoms with Crippen LogP contribution in [0.1, 0.15) is 17.3 Å². The summed E-state index contributed by atoms with van der Waals surface area (Å²) in [5.74, 6) is -0.204. The van der Waals surface area contributed by atoms with Gasteiger partial charge in [-0.2, -0.15) is 0 Å². The number of anilines is 1. The Bertz CT molecular complexity index is 498. The Balaban J connectivity index is 2.03. The van der Waals surface area contributed by atoms with Crippen LogP contribution in [-0.4, -0.2) is 22.7 Å². The number of amides is 1. The number of carbonyl (C=O) groups is 1. The van der Waals surface area contributed by atoms with Crippen molar-refractivity contribution in [1.29, 1.82) is 0 Å². The molecule has 0 aliphatic heterocycles. The first-order chi connectivity index (χ1) is 8.29. The van der Waals surface area contributed by atoms with E-state index >= 15 is 0 Å². The summed E-state index contributed by atoms with van der Waals surface area (Å²) in [6.07, 6.45) is 0. The number of hydrogen-bond acceptors (Lipinski definition) is 5. The molecule has 6 heteroatoms. The molecule has 0 aliphatic carbocycles. The van der Waals surface area contributed by atoms with E-state index in [2.05, 4.69) is 15.5 Å². The molecule has 2 aromatic rings. The first-order valence-electron chi connectivity index (χ1n) is 5.12. The maximum absolute atomic E-state index is 11.8. The van der Waals surface area contributed by atoms with E-state index in [1.54, 1.807) is 24.3 Å². The van der Waals surface area contributed by atoms with Gasteiger partial charge in [0.15, 0.2) is 0 Å². The van der Waals surface area contributed by atoms with Crippen molar-refractivity contribution in [2.24, 2.45) is 0 Å². The minimum atomic E-state index is -0.204. The molecule has 2 rings (SSSR count). The second kappa shape index (κ2) is 5.40. The second-order valence-electron chi connectivity index (χ2n) is 3.13. The Kier molecular flexibility index (Phi) is 3.66. The van der Waals surface area contributed by atoms with Gasteiger partial charge in [0.2, 0.25) is 5.13 Å². The van der Waals surface area contributed by atoms with E-state index in [1.807, 2.05) is 13.0 Å². The third-order valence-electron chi connectivity index (χ3n) is 1.93. The van der Waals surface area contributed by atoms with E-state index in [-0.39, 0.29) is 5.91 Å². The fraction of sp³-hybridized carbons (Fsp3) is 0.182. The maximum Gasteiger partial charge on any atom is 0.295 e. The minimum Gasteiger partial charge on any atom is -0.469 e. The highest BCUT2D eigenvalue weighted by molar-refractivity contribution is 7.17. The molecule has 1 amide bonds. The van der Waals surface area contributed by atoms with Crippen LogP contribution in [0.5, 0.6) is 5.19 Å². The second-order valence-corrected chi connectivity index (χ2v) is 4.07. The molecule has 0 aliphatic rings. The number of aromatic nitrogens is 2. The Morgan fingerprint density at radius 2 is 2.12 bits per heavy atom. The van der Waals surface area contributed by atoms with Crippen LogP contribution in [-0.2, 0) is 0 Å². The highest BCUT2D eigenvalue weighted by atomic mass is 32.1. The lowest BCUT2D eigenvalue weighted by Gasteiger charge is -1.99. The predicted octanol–water partition coefficient (Wildman–Crippen LogP) is 2.19. The number of benzene rings is 1. The molecular weight excluding hydrogens is 238 g/mol. The molecule has 0 bridgehead atoms. The van der Waals surface area contributed by atoms with Crippen molar-refractivity contribution in [3.05, 3.63) is 35.9 Å². The normalized spacial score (nSPS) is 9.94. The predicted molar refractivity (Wildman–Crippen MR) is 65.5 cm³/mol. The largest absolute Gasteiger partial charge is 0.469 e. The molecule has 0 radical (unpaired) electrons. The molecule has 1 aromatic carbocycles. The fourth-order valence-corrected chi connectivity index (χ4v) is 1.85. The van der Waals surface area contributed by atoms with Gasteiger partial charge in [-0.25, -0.2) is 0 Å². The van der Waals surface area contributed by atoms with Crippen LogP contribution in [0.3, 0.4) is 0 Å². The van der Waals surface area contributed by atoms with Crippen molar-refractivity contribution >= 4 is 22.4 Å². The van der Waals surface area contributed by atoms with Gasteiger partial charge in [-0.1, -0.05) is 23.3 Å². The minimum absolute atomic E-state index is 0.204. The van der Waals surface area contributed by atoms with Crippen molar-refractivity contribution in [3.63, 3.8) is 0 Å². The molecule has 1 N–H and O–H groups in total. The van der Waals surface area contributed by atoms with Gasteiger partial charge in [-0.3, -0.25) is 10.1 Å². The molecule has 0 fully saturated rings. The standard InChI is InChI=1S/C11H11N3O2S/c1-2-16-11-14-13-10(17-11)12-9(15)8-6-4-3-5-7-8/h3-7H,2H2,1H3,(H,12,13,15). The number of nitrogens with zero attached hydrogens (tertiary/aromatic N) is 2.